The molecular formula is C15H13NO6. The summed E-state index contributed by atoms with van der Waals surface area (Å²) in [4.78, 5) is 51.1. The molecule has 2 amide bonds. The number of allylic oxidation sites excluding steroid dienone is 1. The molecule has 0 bridgehead atoms. The number of rotatable bonds is 5. The number of hydrogen-bond donors (Lipinski definition) is 1. The summed E-state index contributed by atoms with van der Waals surface area (Å²) in [5.74, 6) is -3.62. The molecule has 0 aliphatic carbocycles. The molecular weight excluding hydrogens is 290 g/mol. The number of amides is 2. The topological polar surface area (TPSA) is 101 Å². The van der Waals surface area contributed by atoms with Gasteiger partial charge in [-0.15, -0.1) is 11.6 Å². The molecule has 1 aromatic carbocycles. The second-order valence-electron chi connectivity index (χ2n) is 4.60. The summed E-state index contributed by atoms with van der Waals surface area (Å²) in [6.45, 7) is 3.53. The zero-order valence-electron chi connectivity index (χ0n) is 11.6. The molecule has 114 valence electrons. The predicted octanol–water partition coefficient (Wildman–Crippen LogP) is 1.33. The zero-order chi connectivity index (χ0) is 16.3. The second kappa shape index (κ2) is 6.21. The number of nitrogens with zero attached hydrogens (tertiary/aromatic N) is 1. The Kier molecular flexibility index (Phi) is 4.36. The normalized spacial score (nSPS) is 14.1. The lowest BCUT2D eigenvalue weighted by molar-refractivity contribution is -0.172. The van der Waals surface area contributed by atoms with E-state index in [1.54, 1.807) is 6.07 Å². The van der Waals surface area contributed by atoms with Gasteiger partial charge in [0.25, 0.3) is 11.8 Å². The summed E-state index contributed by atoms with van der Waals surface area (Å²) in [5, 5.41) is 9.68. The van der Waals surface area contributed by atoms with E-state index in [1.165, 1.54) is 18.2 Å². The van der Waals surface area contributed by atoms with Crippen molar-refractivity contribution in [1.82, 2.24) is 5.06 Å². The van der Waals surface area contributed by atoms with Crippen LogP contribution in [0.15, 0.2) is 30.9 Å². The molecule has 2 rings (SSSR count). The molecule has 1 fully saturated rings. The Labute approximate surface area is 125 Å². The van der Waals surface area contributed by atoms with Gasteiger partial charge in [-0.25, -0.2) is 9.59 Å². The van der Waals surface area contributed by atoms with Crippen molar-refractivity contribution >= 4 is 23.8 Å². The van der Waals surface area contributed by atoms with E-state index in [1.807, 2.05) is 0 Å². The van der Waals surface area contributed by atoms with Crippen molar-refractivity contribution in [3.05, 3.63) is 47.5 Å². The number of carboxylic acid groups (broad SMARTS) is 1. The Balaban J connectivity index is 2.35. The minimum absolute atomic E-state index is 0.0333. The van der Waals surface area contributed by atoms with Gasteiger partial charge < -0.3 is 9.94 Å². The van der Waals surface area contributed by atoms with Crippen molar-refractivity contribution in [3.8, 4) is 0 Å². The van der Waals surface area contributed by atoms with Gasteiger partial charge in [0.1, 0.15) is 0 Å². The highest BCUT2D eigenvalue weighted by Gasteiger charge is 2.34. The van der Waals surface area contributed by atoms with Crippen molar-refractivity contribution in [3.63, 3.8) is 0 Å². The molecule has 1 saturated heterocycles. The van der Waals surface area contributed by atoms with Gasteiger partial charge in [-0.3, -0.25) is 9.59 Å². The first-order chi connectivity index (χ1) is 10.5. The number of benzene rings is 1. The van der Waals surface area contributed by atoms with Crippen LogP contribution in [0.1, 0.15) is 39.1 Å². The van der Waals surface area contributed by atoms with Crippen LogP contribution in [0.5, 0.6) is 0 Å². The monoisotopic (exact) mass is 303 g/mol. The van der Waals surface area contributed by atoms with Crippen molar-refractivity contribution in [2.75, 3.05) is 0 Å². The van der Waals surface area contributed by atoms with E-state index >= 15 is 0 Å². The number of hydroxylamine groups is 2. The Hall–Kier alpha value is -2.96. The van der Waals surface area contributed by atoms with Crippen molar-refractivity contribution in [1.29, 1.82) is 0 Å². The second-order valence-corrected chi connectivity index (χ2v) is 4.60. The van der Waals surface area contributed by atoms with Crippen LogP contribution < -0.4 is 0 Å². The van der Waals surface area contributed by atoms with Gasteiger partial charge in [0.05, 0.1) is 11.1 Å². The predicted molar refractivity (Wildman–Crippen MR) is 73.8 cm³/mol. The van der Waals surface area contributed by atoms with Crippen molar-refractivity contribution in [2.45, 2.75) is 19.3 Å². The maximum Gasteiger partial charge on any atom is 0.364 e. The molecule has 1 aromatic rings. The molecule has 22 heavy (non-hydrogen) atoms. The fraction of sp³-hybridized carbons (Fsp3) is 0.200. The molecule has 0 unspecified atom stereocenters. The van der Waals surface area contributed by atoms with Crippen LogP contribution in [0.4, 0.5) is 0 Å². The highest BCUT2D eigenvalue weighted by atomic mass is 16.7. The minimum Gasteiger partial charge on any atom is -0.478 e. The number of carbonyl (C=O) groups excluding carboxylic acids is 3. The average Bonchev–Trinajstić information content (AvgIpc) is 2.79. The van der Waals surface area contributed by atoms with Gasteiger partial charge in [-0.2, -0.15) is 0 Å². The maximum absolute atomic E-state index is 12.1. The standard InChI is InChI=1S/C15H13NO6/c1-2-4-9-5-3-6-10(13(9)14(19)20)15(21)22-16-11(17)7-8-12(16)18/h2-3,5-6H,1,4,7-8H2,(H,19,20). The summed E-state index contributed by atoms with van der Waals surface area (Å²) in [5.41, 5.74) is -0.0677. The fourth-order valence-electron chi connectivity index (χ4n) is 2.14. The van der Waals surface area contributed by atoms with Crippen molar-refractivity contribution < 1.29 is 29.1 Å². The van der Waals surface area contributed by atoms with Gasteiger partial charge in [0, 0.05) is 12.8 Å². The third-order valence-corrected chi connectivity index (χ3v) is 3.13. The fourth-order valence-corrected chi connectivity index (χ4v) is 2.14. The van der Waals surface area contributed by atoms with Crippen LogP contribution >= 0.6 is 0 Å². The van der Waals surface area contributed by atoms with Gasteiger partial charge >= 0.3 is 11.9 Å². The first-order valence-corrected chi connectivity index (χ1v) is 6.50. The van der Waals surface area contributed by atoms with Crippen LogP contribution in [0.25, 0.3) is 0 Å². The highest BCUT2D eigenvalue weighted by Crippen LogP contribution is 2.20. The summed E-state index contributed by atoms with van der Waals surface area (Å²) in [6, 6.07) is 4.31. The van der Waals surface area contributed by atoms with Gasteiger partial charge in [0.2, 0.25) is 0 Å². The minimum atomic E-state index is -1.30. The molecule has 1 heterocycles. The highest BCUT2D eigenvalue weighted by molar-refractivity contribution is 6.06. The number of aromatic carboxylic acids is 1. The van der Waals surface area contributed by atoms with E-state index in [2.05, 4.69) is 6.58 Å². The van der Waals surface area contributed by atoms with Crippen molar-refractivity contribution in [2.24, 2.45) is 0 Å². The lowest BCUT2D eigenvalue weighted by atomic mass is 9.99. The Morgan fingerprint density at radius 2 is 1.91 bits per heavy atom. The summed E-state index contributed by atoms with van der Waals surface area (Å²) in [6.07, 6.45) is 1.69. The molecule has 1 N–H and O–H groups in total. The number of imide groups is 1. The Morgan fingerprint density at radius 1 is 1.27 bits per heavy atom. The molecule has 0 saturated carbocycles. The van der Waals surface area contributed by atoms with Gasteiger partial charge in [-0.05, 0) is 18.1 Å². The summed E-state index contributed by atoms with van der Waals surface area (Å²) >= 11 is 0. The molecule has 7 nitrogen and oxygen atoms in total. The lowest BCUT2D eigenvalue weighted by Crippen LogP contribution is -2.32. The number of carboxylic acids is 1. The lowest BCUT2D eigenvalue weighted by Gasteiger charge is -2.14. The molecule has 0 spiro atoms. The van der Waals surface area contributed by atoms with E-state index in [0.29, 0.717) is 10.6 Å². The number of carbonyl (C=O) groups is 4. The van der Waals surface area contributed by atoms with Gasteiger partial charge in [-0.1, -0.05) is 18.2 Å². The summed E-state index contributed by atoms with van der Waals surface area (Å²) < 4.78 is 0. The molecule has 0 atom stereocenters. The molecule has 7 heteroatoms. The largest absolute Gasteiger partial charge is 0.478 e. The van der Waals surface area contributed by atoms with Crippen LogP contribution in [0, 0.1) is 0 Å². The third-order valence-electron chi connectivity index (χ3n) is 3.13. The van der Waals surface area contributed by atoms with Crippen LogP contribution in [-0.4, -0.2) is 33.9 Å². The Morgan fingerprint density at radius 3 is 2.45 bits per heavy atom. The van der Waals surface area contributed by atoms with E-state index < -0.39 is 23.8 Å². The zero-order valence-corrected chi connectivity index (χ0v) is 11.6. The maximum atomic E-state index is 12.1. The third kappa shape index (κ3) is 2.88. The first-order valence-electron chi connectivity index (χ1n) is 6.50. The SMILES string of the molecule is C=CCc1cccc(C(=O)ON2C(=O)CCC2=O)c1C(=O)O. The van der Waals surface area contributed by atoms with E-state index in [-0.39, 0.29) is 30.4 Å². The molecule has 0 aromatic heterocycles. The van der Waals surface area contributed by atoms with Gasteiger partial charge in [0.15, 0.2) is 0 Å². The molecule has 0 radical (unpaired) electrons. The first kappa shape index (κ1) is 15.4. The van der Waals surface area contributed by atoms with Crippen LogP contribution in [0.2, 0.25) is 0 Å². The quantitative estimate of drug-likeness (QED) is 0.650. The molecule has 1 aliphatic heterocycles. The Bertz CT molecular complexity index is 663. The summed E-state index contributed by atoms with van der Waals surface area (Å²) in [7, 11) is 0. The van der Waals surface area contributed by atoms with Crippen LogP contribution in [0.3, 0.4) is 0 Å². The smallest absolute Gasteiger partial charge is 0.364 e. The van der Waals surface area contributed by atoms with E-state index in [0.717, 1.165) is 0 Å². The van der Waals surface area contributed by atoms with E-state index in [4.69, 9.17) is 4.84 Å². The molecule has 1 aliphatic rings. The van der Waals surface area contributed by atoms with E-state index in [9.17, 15) is 24.3 Å². The van der Waals surface area contributed by atoms with Crippen LogP contribution in [-0.2, 0) is 20.8 Å². The number of hydrogen-bond acceptors (Lipinski definition) is 5. The average molecular weight is 303 g/mol.